The average molecular weight is 454 g/mol. The Morgan fingerprint density at radius 2 is 2.10 bits per heavy atom. The van der Waals surface area contributed by atoms with Crippen LogP contribution in [-0.2, 0) is 31.2 Å². The van der Waals surface area contributed by atoms with E-state index in [4.69, 9.17) is 5.73 Å². The molecule has 160 valence electrons. The van der Waals surface area contributed by atoms with E-state index >= 15 is 0 Å². The van der Waals surface area contributed by atoms with Crippen LogP contribution in [0.4, 0.5) is 5.13 Å². The first-order valence-corrected chi connectivity index (χ1v) is 11.0. The van der Waals surface area contributed by atoms with Crippen molar-refractivity contribution in [3.63, 3.8) is 0 Å². The van der Waals surface area contributed by atoms with Gasteiger partial charge in [-0.25, -0.2) is 9.29 Å². The number of benzene rings is 1. The van der Waals surface area contributed by atoms with E-state index in [9.17, 15) is 22.6 Å². The van der Waals surface area contributed by atoms with Gasteiger partial charge < -0.3 is 15.9 Å². The molecule has 2 atom stereocenters. The SMILES string of the molecule is CON=C(C(=O)NC1C(=O)N(S(=O)(=O)O)C1CCc1ccccc1)c1csc(N)n1. The molecule has 1 saturated heterocycles. The summed E-state index contributed by atoms with van der Waals surface area (Å²) in [6.45, 7) is 0. The third-order valence-electron chi connectivity index (χ3n) is 4.44. The van der Waals surface area contributed by atoms with Gasteiger partial charge in [-0.3, -0.25) is 14.1 Å². The third kappa shape index (κ3) is 4.58. The molecule has 4 N–H and O–H groups in total. The van der Waals surface area contributed by atoms with Gasteiger partial charge in [-0.1, -0.05) is 35.5 Å². The summed E-state index contributed by atoms with van der Waals surface area (Å²) >= 11 is 1.09. The number of β-lactam (4-membered cyclic amide) rings is 1. The molecule has 30 heavy (non-hydrogen) atoms. The van der Waals surface area contributed by atoms with E-state index in [0.29, 0.717) is 10.7 Å². The highest BCUT2D eigenvalue weighted by molar-refractivity contribution is 7.84. The van der Waals surface area contributed by atoms with Crippen molar-refractivity contribution >= 4 is 44.3 Å². The molecule has 0 bridgehead atoms. The molecule has 0 saturated carbocycles. The highest BCUT2D eigenvalue weighted by Gasteiger charge is 2.53. The normalized spacial score (nSPS) is 19.3. The fourth-order valence-corrected chi connectivity index (χ4v) is 4.56. The maximum absolute atomic E-state index is 12.7. The zero-order chi connectivity index (χ0) is 21.9. The van der Waals surface area contributed by atoms with Crippen LogP contribution in [0.15, 0.2) is 40.9 Å². The molecule has 2 aromatic rings. The average Bonchev–Trinajstić information content (AvgIpc) is 3.12. The summed E-state index contributed by atoms with van der Waals surface area (Å²) in [4.78, 5) is 33.7. The van der Waals surface area contributed by atoms with Crippen molar-refractivity contribution in [1.29, 1.82) is 0 Å². The molecule has 1 fully saturated rings. The number of aryl methyl sites for hydroxylation is 1. The van der Waals surface area contributed by atoms with Crippen LogP contribution in [0.2, 0.25) is 0 Å². The molecule has 13 heteroatoms. The molecule has 1 aliphatic heterocycles. The Kier molecular flexibility index (Phi) is 6.34. The first-order valence-electron chi connectivity index (χ1n) is 8.70. The largest absolute Gasteiger partial charge is 0.398 e. The summed E-state index contributed by atoms with van der Waals surface area (Å²) in [7, 11) is -3.53. The molecule has 2 amide bonds. The number of amides is 2. The highest BCUT2D eigenvalue weighted by atomic mass is 32.2. The number of nitrogens with two attached hydrogens (primary N) is 1. The summed E-state index contributed by atoms with van der Waals surface area (Å²) in [6, 6.07) is 7.07. The van der Waals surface area contributed by atoms with Crippen molar-refractivity contribution in [3.8, 4) is 0 Å². The molecule has 3 rings (SSSR count). The van der Waals surface area contributed by atoms with Crippen LogP contribution in [0.3, 0.4) is 0 Å². The van der Waals surface area contributed by atoms with Crippen molar-refractivity contribution in [2.45, 2.75) is 24.9 Å². The predicted octanol–water partition coefficient (Wildman–Crippen LogP) is 0.207. The number of rotatable bonds is 8. The number of anilines is 1. The Hall–Kier alpha value is -3.03. The van der Waals surface area contributed by atoms with Gasteiger partial charge in [-0.05, 0) is 18.4 Å². The van der Waals surface area contributed by atoms with Crippen LogP contribution in [-0.4, -0.2) is 59.0 Å². The molecule has 2 heterocycles. The number of oxime groups is 1. The van der Waals surface area contributed by atoms with E-state index in [1.54, 1.807) is 0 Å². The van der Waals surface area contributed by atoms with Crippen LogP contribution in [0.25, 0.3) is 0 Å². The predicted molar refractivity (Wildman–Crippen MR) is 109 cm³/mol. The minimum atomic E-state index is -4.77. The number of nitrogens with one attached hydrogen (secondary N) is 1. The fourth-order valence-electron chi connectivity index (χ4n) is 3.11. The van der Waals surface area contributed by atoms with Crippen molar-refractivity contribution < 1.29 is 27.4 Å². The quantitative estimate of drug-likeness (QED) is 0.221. The zero-order valence-corrected chi connectivity index (χ0v) is 17.4. The van der Waals surface area contributed by atoms with Gasteiger partial charge in [0.2, 0.25) is 0 Å². The van der Waals surface area contributed by atoms with Gasteiger partial charge >= 0.3 is 10.3 Å². The number of nitrogen functional groups attached to an aromatic ring is 1. The summed E-state index contributed by atoms with van der Waals surface area (Å²) in [5, 5.41) is 7.79. The number of thiazole rings is 1. The molecule has 1 aliphatic rings. The van der Waals surface area contributed by atoms with Crippen LogP contribution in [0.1, 0.15) is 17.7 Å². The van der Waals surface area contributed by atoms with E-state index in [0.717, 1.165) is 16.9 Å². The van der Waals surface area contributed by atoms with Crippen LogP contribution < -0.4 is 11.1 Å². The smallest absolute Gasteiger partial charge is 0.362 e. The summed E-state index contributed by atoms with van der Waals surface area (Å²) in [6.07, 6.45) is 0.625. The lowest BCUT2D eigenvalue weighted by Gasteiger charge is -2.44. The number of carbonyl (C=O) groups excluding carboxylic acids is 2. The third-order valence-corrected chi connectivity index (χ3v) is 6.06. The summed E-state index contributed by atoms with van der Waals surface area (Å²) < 4.78 is 33.0. The molecule has 0 aliphatic carbocycles. The first kappa shape index (κ1) is 21.7. The molecule has 11 nitrogen and oxygen atoms in total. The first-order chi connectivity index (χ1) is 14.2. The number of carbonyl (C=O) groups is 2. The molecular weight excluding hydrogens is 434 g/mol. The Labute approximate surface area is 176 Å². The Morgan fingerprint density at radius 1 is 1.40 bits per heavy atom. The molecule has 1 aromatic carbocycles. The molecule has 1 aromatic heterocycles. The maximum atomic E-state index is 12.7. The van der Waals surface area contributed by atoms with Gasteiger partial charge in [0.25, 0.3) is 11.8 Å². The highest BCUT2D eigenvalue weighted by Crippen LogP contribution is 2.27. The second kappa shape index (κ2) is 8.77. The summed E-state index contributed by atoms with van der Waals surface area (Å²) in [5.41, 5.74) is 6.43. The molecule has 2 unspecified atom stereocenters. The topological polar surface area (TPSA) is 164 Å². The lowest BCUT2D eigenvalue weighted by atomic mass is 9.92. The van der Waals surface area contributed by atoms with Gasteiger partial charge in [0.05, 0.1) is 6.04 Å². The monoisotopic (exact) mass is 453 g/mol. The maximum Gasteiger partial charge on any atom is 0.362 e. The molecule has 0 radical (unpaired) electrons. The van der Waals surface area contributed by atoms with Gasteiger partial charge in [0.15, 0.2) is 10.8 Å². The molecular formula is C17H19N5O6S2. The second-order valence-electron chi connectivity index (χ2n) is 6.35. The summed E-state index contributed by atoms with van der Waals surface area (Å²) in [5.74, 6) is -1.74. The van der Waals surface area contributed by atoms with Gasteiger partial charge in [-0.15, -0.1) is 11.3 Å². The van der Waals surface area contributed by atoms with Gasteiger partial charge in [0, 0.05) is 5.38 Å². The van der Waals surface area contributed by atoms with E-state index in [-0.39, 0.29) is 23.0 Å². The lowest BCUT2D eigenvalue weighted by molar-refractivity contribution is -0.145. The minimum Gasteiger partial charge on any atom is -0.398 e. The van der Waals surface area contributed by atoms with Crippen LogP contribution in [0, 0.1) is 0 Å². The molecule has 0 spiro atoms. The Bertz CT molecular complexity index is 1070. The van der Waals surface area contributed by atoms with Crippen molar-refractivity contribution in [2.24, 2.45) is 5.16 Å². The van der Waals surface area contributed by atoms with E-state index in [1.807, 2.05) is 30.3 Å². The van der Waals surface area contributed by atoms with Crippen LogP contribution in [0.5, 0.6) is 0 Å². The number of hydrogen-bond acceptors (Lipinski definition) is 9. The number of aromatic nitrogens is 1. The number of hydrogen-bond donors (Lipinski definition) is 3. The van der Waals surface area contributed by atoms with Gasteiger partial charge in [-0.2, -0.15) is 8.42 Å². The number of nitrogens with zero attached hydrogens (tertiary/aromatic N) is 3. The second-order valence-corrected chi connectivity index (χ2v) is 8.53. The van der Waals surface area contributed by atoms with E-state index < -0.39 is 34.2 Å². The van der Waals surface area contributed by atoms with E-state index in [1.165, 1.54) is 12.5 Å². The fraction of sp³-hybridized carbons (Fsp3) is 0.294. The van der Waals surface area contributed by atoms with Crippen molar-refractivity contribution in [1.82, 2.24) is 14.6 Å². The van der Waals surface area contributed by atoms with Crippen LogP contribution >= 0.6 is 11.3 Å². The zero-order valence-electron chi connectivity index (χ0n) is 15.8. The Balaban J connectivity index is 1.78. The van der Waals surface area contributed by atoms with Gasteiger partial charge in [0.1, 0.15) is 18.8 Å². The Morgan fingerprint density at radius 3 is 2.67 bits per heavy atom. The van der Waals surface area contributed by atoms with E-state index in [2.05, 4.69) is 20.3 Å². The lowest BCUT2D eigenvalue weighted by Crippen LogP contribution is -2.72. The van der Waals surface area contributed by atoms with Crippen molar-refractivity contribution in [2.75, 3.05) is 12.8 Å². The minimum absolute atomic E-state index is 0.149. The van der Waals surface area contributed by atoms with Crippen molar-refractivity contribution in [3.05, 3.63) is 47.0 Å². The standard InChI is InChI=1S/C17H19N5O6S2/c1-28-21-13(11-9-29-17(18)19-11)15(23)20-14-12(22(16(14)24)30(25,26)27)8-7-10-5-3-2-4-6-10/h2-6,9,12,14H,7-8H2,1H3,(H2,18,19)(H,20,23)(H,25,26,27).